The fraction of sp³-hybridized carbons (Fsp3) is 0.300. The number of benzene rings is 2. The van der Waals surface area contributed by atoms with Gasteiger partial charge in [-0.05, 0) is 63.0 Å². The van der Waals surface area contributed by atoms with Crippen LogP contribution in [0.15, 0.2) is 53.6 Å². The predicted molar refractivity (Wildman–Crippen MR) is 109 cm³/mol. The minimum Gasteiger partial charge on any atom is -0.497 e. The molecule has 7 heteroatoms. The van der Waals surface area contributed by atoms with E-state index in [1.54, 1.807) is 43.6 Å². The fourth-order valence-corrected chi connectivity index (χ4v) is 4.64. The van der Waals surface area contributed by atoms with Crippen molar-refractivity contribution in [3.8, 4) is 5.75 Å². The van der Waals surface area contributed by atoms with Gasteiger partial charge in [0.15, 0.2) is 0 Å². The van der Waals surface area contributed by atoms with Crippen LogP contribution in [0.2, 0.25) is 0 Å². The van der Waals surface area contributed by atoms with Gasteiger partial charge in [-0.2, -0.15) is 0 Å². The van der Waals surface area contributed by atoms with E-state index in [9.17, 15) is 8.42 Å². The Kier molecular flexibility index (Phi) is 5.43. The smallest absolute Gasteiger partial charge is 0.268 e. The molecular formula is C20H25N3O3S. The van der Waals surface area contributed by atoms with Gasteiger partial charge in [0, 0.05) is 30.4 Å². The highest BCUT2D eigenvalue weighted by Gasteiger charge is 2.22. The van der Waals surface area contributed by atoms with Crippen molar-refractivity contribution in [2.75, 3.05) is 39.6 Å². The van der Waals surface area contributed by atoms with E-state index in [4.69, 9.17) is 4.74 Å². The van der Waals surface area contributed by atoms with Crippen LogP contribution < -0.4 is 10.1 Å². The molecule has 1 aromatic heterocycles. The summed E-state index contributed by atoms with van der Waals surface area (Å²) in [5.74, 6) is 0.695. The van der Waals surface area contributed by atoms with Gasteiger partial charge in [-0.3, -0.25) is 0 Å². The largest absolute Gasteiger partial charge is 0.497 e. The Hall–Kier alpha value is -2.51. The maximum atomic E-state index is 13.3. The number of nitrogens with one attached hydrogen (secondary N) is 1. The van der Waals surface area contributed by atoms with Gasteiger partial charge in [-0.1, -0.05) is 6.07 Å². The molecule has 3 aromatic rings. The average molecular weight is 388 g/mol. The molecule has 0 aliphatic carbocycles. The Labute approximate surface area is 160 Å². The van der Waals surface area contributed by atoms with Crippen molar-refractivity contribution in [2.24, 2.45) is 0 Å². The Morgan fingerprint density at radius 3 is 2.63 bits per heavy atom. The first-order chi connectivity index (χ1) is 12.8. The minimum absolute atomic E-state index is 0.297. The van der Waals surface area contributed by atoms with Gasteiger partial charge in [-0.15, -0.1) is 0 Å². The number of likely N-dealkylation sites (N-methyl/N-ethyl adjacent to an activating group) is 1. The number of hydrogen-bond donors (Lipinski definition) is 1. The lowest BCUT2D eigenvalue weighted by atomic mass is 10.2. The molecule has 2 aromatic carbocycles. The zero-order chi connectivity index (χ0) is 19.6. The van der Waals surface area contributed by atoms with Crippen molar-refractivity contribution >= 4 is 26.6 Å². The second kappa shape index (κ2) is 7.62. The van der Waals surface area contributed by atoms with Gasteiger partial charge >= 0.3 is 0 Å². The molecule has 0 aliphatic heterocycles. The monoisotopic (exact) mass is 387 g/mol. The zero-order valence-corrected chi connectivity index (χ0v) is 16.9. The molecule has 1 heterocycles. The van der Waals surface area contributed by atoms with E-state index >= 15 is 0 Å². The van der Waals surface area contributed by atoms with Crippen molar-refractivity contribution in [1.29, 1.82) is 0 Å². The Morgan fingerprint density at radius 1 is 1.15 bits per heavy atom. The van der Waals surface area contributed by atoms with Crippen LogP contribution in [0.25, 0.3) is 10.9 Å². The van der Waals surface area contributed by atoms with Crippen LogP contribution >= 0.6 is 0 Å². The Balaban J connectivity index is 2.00. The summed E-state index contributed by atoms with van der Waals surface area (Å²) in [6, 6.07) is 12.5. The summed E-state index contributed by atoms with van der Waals surface area (Å²) in [6.45, 7) is 3.43. The van der Waals surface area contributed by atoms with Crippen molar-refractivity contribution in [3.05, 3.63) is 54.2 Å². The molecule has 0 spiro atoms. The zero-order valence-electron chi connectivity index (χ0n) is 16.1. The van der Waals surface area contributed by atoms with Crippen molar-refractivity contribution < 1.29 is 13.2 Å². The number of aromatic nitrogens is 1. The van der Waals surface area contributed by atoms with E-state index in [0.29, 0.717) is 21.7 Å². The first kappa shape index (κ1) is 19.3. The first-order valence-electron chi connectivity index (χ1n) is 8.73. The van der Waals surface area contributed by atoms with Crippen LogP contribution in [0, 0.1) is 6.92 Å². The lowest BCUT2D eigenvalue weighted by Crippen LogP contribution is -2.21. The van der Waals surface area contributed by atoms with Crippen molar-refractivity contribution in [1.82, 2.24) is 8.87 Å². The quantitative estimate of drug-likeness (QED) is 0.675. The topological polar surface area (TPSA) is 63.6 Å². The van der Waals surface area contributed by atoms with Gasteiger partial charge < -0.3 is 15.0 Å². The molecule has 27 heavy (non-hydrogen) atoms. The van der Waals surface area contributed by atoms with Crippen LogP contribution in [0.4, 0.5) is 5.69 Å². The average Bonchev–Trinajstić information content (AvgIpc) is 3.06. The molecule has 0 amide bonds. The summed E-state index contributed by atoms with van der Waals surface area (Å²) in [7, 11) is 1.88. The van der Waals surface area contributed by atoms with E-state index < -0.39 is 10.0 Å². The number of methoxy groups -OCH3 is 1. The standard InChI is InChI=1S/C20H25N3O3S/c1-15-18(21-11-13-22(2)3)6-5-7-20(15)27(24,25)23-12-10-16-14-17(26-4)8-9-19(16)23/h5-10,12,14,21H,11,13H2,1-4H3. The number of hydrogen-bond acceptors (Lipinski definition) is 5. The summed E-state index contributed by atoms with van der Waals surface area (Å²) < 4.78 is 33.2. The molecule has 0 saturated heterocycles. The molecule has 0 bridgehead atoms. The number of nitrogens with zero attached hydrogens (tertiary/aromatic N) is 2. The number of rotatable bonds is 7. The van der Waals surface area contributed by atoms with Crippen LogP contribution in [-0.2, 0) is 10.0 Å². The van der Waals surface area contributed by atoms with E-state index in [1.807, 2.05) is 33.2 Å². The van der Waals surface area contributed by atoms with E-state index in [1.165, 1.54) is 3.97 Å². The SMILES string of the molecule is COc1ccc2c(ccn2S(=O)(=O)c2cccc(NCCN(C)C)c2C)c1. The summed E-state index contributed by atoms with van der Waals surface area (Å²) in [4.78, 5) is 2.37. The second-order valence-corrected chi connectivity index (χ2v) is 8.48. The lowest BCUT2D eigenvalue weighted by molar-refractivity contribution is 0.415. The number of fused-ring (bicyclic) bond motifs is 1. The molecule has 6 nitrogen and oxygen atoms in total. The van der Waals surface area contributed by atoms with E-state index in [2.05, 4.69) is 10.2 Å². The molecular weight excluding hydrogens is 362 g/mol. The third-order valence-electron chi connectivity index (χ3n) is 4.56. The third kappa shape index (κ3) is 3.79. The molecule has 0 fully saturated rings. The number of anilines is 1. The van der Waals surface area contributed by atoms with Gasteiger partial charge in [0.25, 0.3) is 10.0 Å². The first-order valence-corrected chi connectivity index (χ1v) is 10.2. The fourth-order valence-electron chi connectivity index (χ4n) is 3.04. The van der Waals surface area contributed by atoms with Crippen LogP contribution in [0.1, 0.15) is 5.56 Å². The highest BCUT2D eigenvalue weighted by molar-refractivity contribution is 7.90. The highest BCUT2D eigenvalue weighted by Crippen LogP contribution is 2.29. The molecule has 0 radical (unpaired) electrons. The normalized spacial score (nSPS) is 11.9. The molecule has 144 valence electrons. The van der Waals surface area contributed by atoms with Gasteiger partial charge in [0.1, 0.15) is 5.75 Å². The van der Waals surface area contributed by atoms with Gasteiger partial charge in [-0.25, -0.2) is 12.4 Å². The van der Waals surface area contributed by atoms with Crippen LogP contribution in [-0.4, -0.2) is 51.6 Å². The van der Waals surface area contributed by atoms with Gasteiger partial charge in [0.05, 0.1) is 17.5 Å². The minimum atomic E-state index is -3.71. The second-order valence-electron chi connectivity index (χ2n) is 6.70. The van der Waals surface area contributed by atoms with E-state index in [0.717, 1.165) is 24.2 Å². The highest BCUT2D eigenvalue weighted by atomic mass is 32.2. The molecule has 1 N–H and O–H groups in total. The predicted octanol–water partition coefficient (Wildman–Crippen LogP) is 3.17. The molecule has 0 unspecified atom stereocenters. The lowest BCUT2D eigenvalue weighted by Gasteiger charge is -2.16. The van der Waals surface area contributed by atoms with E-state index in [-0.39, 0.29) is 0 Å². The molecule has 0 atom stereocenters. The summed E-state index contributed by atoms with van der Waals surface area (Å²) in [5.41, 5.74) is 2.17. The van der Waals surface area contributed by atoms with Crippen LogP contribution in [0.3, 0.4) is 0 Å². The maximum Gasteiger partial charge on any atom is 0.268 e. The van der Waals surface area contributed by atoms with Crippen LogP contribution in [0.5, 0.6) is 5.75 Å². The molecule has 0 aliphatic rings. The maximum absolute atomic E-state index is 13.3. The summed E-state index contributed by atoms with van der Waals surface area (Å²) in [5, 5.41) is 4.14. The molecule has 0 saturated carbocycles. The summed E-state index contributed by atoms with van der Waals surface area (Å²) >= 11 is 0. The molecule has 3 rings (SSSR count). The third-order valence-corrected chi connectivity index (χ3v) is 6.39. The number of ether oxygens (including phenoxy) is 1. The Morgan fingerprint density at radius 2 is 1.93 bits per heavy atom. The Bertz CT molecular complexity index is 1060. The van der Waals surface area contributed by atoms with Crippen molar-refractivity contribution in [2.45, 2.75) is 11.8 Å². The van der Waals surface area contributed by atoms with Crippen molar-refractivity contribution in [3.63, 3.8) is 0 Å². The summed E-state index contributed by atoms with van der Waals surface area (Å²) in [6.07, 6.45) is 1.59. The van der Waals surface area contributed by atoms with Gasteiger partial charge in [0.2, 0.25) is 0 Å².